The van der Waals surface area contributed by atoms with Gasteiger partial charge in [0, 0.05) is 20.1 Å². The summed E-state index contributed by atoms with van der Waals surface area (Å²) >= 11 is 0. The van der Waals surface area contributed by atoms with Gasteiger partial charge in [0.1, 0.15) is 5.82 Å². The molecule has 2 nitrogen and oxygen atoms in total. The van der Waals surface area contributed by atoms with Crippen LogP contribution in [0, 0.1) is 5.82 Å². The number of anilines is 1. The lowest BCUT2D eigenvalue weighted by Crippen LogP contribution is -2.18. The van der Waals surface area contributed by atoms with Crippen LogP contribution in [-0.2, 0) is 6.42 Å². The Balaban J connectivity index is 2.89. The zero-order valence-electron chi connectivity index (χ0n) is 8.92. The molecule has 0 amide bonds. The molecule has 1 aromatic rings. The number of benzene rings is 1. The molecule has 78 valence electrons. The van der Waals surface area contributed by atoms with Gasteiger partial charge in [-0.05, 0) is 31.0 Å². The van der Waals surface area contributed by atoms with Gasteiger partial charge in [-0.3, -0.25) is 0 Å². The summed E-state index contributed by atoms with van der Waals surface area (Å²) in [5.41, 5.74) is 7.20. The zero-order valence-corrected chi connectivity index (χ0v) is 8.92. The van der Waals surface area contributed by atoms with Crippen LogP contribution in [-0.4, -0.2) is 20.1 Å². The molecule has 3 heteroatoms. The summed E-state index contributed by atoms with van der Waals surface area (Å²) in [7, 11) is 3.65. The van der Waals surface area contributed by atoms with Crippen LogP contribution in [0.25, 0.3) is 0 Å². The van der Waals surface area contributed by atoms with Crippen molar-refractivity contribution in [3.63, 3.8) is 0 Å². The fourth-order valence-corrected chi connectivity index (χ4v) is 1.41. The Morgan fingerprint density at radius 2 is 2.07 bits per heavy atom. The Bertz CT molecular complexity index is 308. The van der Waals surface area contributed by atoms with Crippen LogP contribution in [0.2, 0.25) is 0 Å². The van der Waals surface area contributed by atoms with E-state index in [1.165, 1.54) is 0 Å². The fourth-order valence-electron chi connectivity index (χ4n) is 1.41. The molecule has 0 heterocycles. The van der Waals surface area contributed by atoms with Crippen molar-refractivity contribution >= 4 is 5.69 Å². The molecular formula is C11H17FN2. The highest BCUT2D eigenvalue weighted by Crippen LogP contribution is 2.18. The van der Waals surface area contributed by atoms with Gasteiger partial charge >= 0.3 is 0 Å². The van der Waals surface area contributed by atoms with Crippen LogP contribution in [0.5, 0.6) is 0 Å². The van der Waals surface area contributed by atoms with E-state index < -0.39 is 0 Å². The molecular weight excluding hydrogens is 179 g/mol. The van der Waals surface area contributed by atoms with Crippen molar-refractivity contribution in [1.82, 2.24) is 0 Å². The van der Waals surface area contributed by atoms with E-state index in [0.717, 1.165) is 5.56 Å². The van der Waals surface area contributed by atoms with Crippen LogP contribution in [0.1, 0.15) is 12.5 Å². The van der Waals surface area contributed by atoms with E-state index in [-0.39, 0.29) is 11.9 Å². The molecule has 14 heavy (non-hydrogen) atoms. The standard InChI is InChI=1S/C11H17FN2/c1-8(13)6-9-4-5-11(14(2)3)10(12)7-9/h4-5,7-8H,6,13H2,1-3H3. The van der Waals surface area contributed by atoms with Crippen molar-refractivity contribution in [1.29, 1.82) is 0 Å². The molecule has 0 aliphatic heterocycles. The monoisotopic (exact) mass is 196 g/mol. The summed E-state index contributed by atoms with van der Waals surface area (Å²) in [4.78, 5) is 1.75. The lowest BCUT2D eigenvalue weighted by atomic mass is 10.1. The lowest BCUT2D eigenvalue weighted by molar-refractivity contribution is 0.621. The molecule has 0 saturated heterocycles. The van der Waals surface area contributed by atoms with Crippen LogP contribution < -0.4 is 10.6 Å². The highest BCUT2D eigenvalue weighted by Gasteiger charge is 2.06. The maximum atomic E-state index is 13.5. The second kappa shape index (κ2) is 4.42. The summed E-state index contributed by atoms with van der Waals surface area (Å²) in [6.45, 7) is 1.91. The van der Waals surface area contributed by atoms with Gasteiger partial charge in [-0.2, -0.15) is 0 Å². The molecule has 0 aliphatic carbocycles. The Morgan fingerprint density at radius 1 is 1.43 bits per heavy atom. The molecule has 1 aromatic carbocycles. The van der Waals surface area contributed by atoms with E-state index in [2.05, 4.69) is 0 Å². The van der Waals surface area contributed by atoms with Gasteiger partial charge in [-0.1, -0.05) is 6.07 Å². The Labute approximate surface area is 84.5 Å². The Hall–Kier alpha value is -1.09. The third-order valence-corrected chi connectivity index (χ3v) is 2.05. The van der Waals surface area contributed by atoms with Crippen LogP contribution in [0.3, 0.4) is 0 Å². The molecule has 1 rings (SSSR count). The highest BCUT2D eigenvalue weighted by atomic mass is 19.1. The minimum atomic E-state index is -0.187. The lowest BCUT2D eigenvalue weighted by Gasteiger charge is -2.14. The molecule has 0 saturated carbocycles. The largest absolute Gasteiger partial charge is 0.375 e. The maximum absolute atomic E-state index is 13.5. The summed E-state index contributed by atoms with van der Waals surface area (Å²) in [5.74, 6) is -0.187. The van der Waals surface area contributed by atoms with Crippen molar-refractivity contribution in [2.24, 2.45) is 5.73 Å². The number of nitrogens with two attached hydrogens (primary N) is 1. The molecule has 2 N–H and O–H groups in total. The van der Waals surface area contributed by atoms with E-state index in [0.29, 0.717) is 12.1 Å². The molecule has 0 aliphatic rings. The first-order valence-corrected chi connectivity index (χ1v) is 4.72. The van der Waals surface area contributed by atoms with Crippen molar-refractivity contribution in [3.05, 3.63) is 29.6 Å². The number of rotatable bonds is 3. The first-order valence-electron chi connectivity index (χ1n) is 4.72. The number of hydrogen-bond donors (Lipinski definition) is 1. The summed E-state index contributed by atoms with van der Waals surface area (Å²) in [6, 6.07) is 5.33. The molecule has 0 bridgehead atoms. The van der Waals surface area contributed by atoms with Gasteiger partial charge in [0.05, 0.1) is 5.69 Å². The number of hydrogen-bond acceptors (Lipinski definition) is 2. The summed E-state index contributed by atoms with van der Waals surface area (Å²) in [6.07, 6.45) is 0.713. The molecule has 0 fully saturated rings. The second-order valence-electron chi connectivity index (χ2n) is 3.86. The molecule has 1 atom stereocenters. The van der Waals surface area contributed by atoms with Gasteiger partial charge in [0.25, 0.3) is 0 Å². The zero-order chi connectivity index (χ0) is 10.7. The van der Waals surface area contributed by atoms with E-state index in [1.807, 2.05) is 27.1 Å². The summed E-state index contributed by atoms with van der Waals surface area (Å²) < 4.78 is 13.5. The molecule has 0 spiro atoms. The van der Waals surface area contributed by atoms with E-state index in [1.54, 1.807) is 17.0 Å². The highest BCUT2D eigenvalue weighted by molar-refractivity contribution is 5.47. The predicted molar refractivity (Wildman–Crippen MR) is 58.1 cm³/mol. The predicted octanol–water partition coefficient (Wildman–Crippen LogP) is 1.78. The van der Waals surface area contributed by atoms with Gasteiger partial charge < -0.3 is 10.6 Å². The van der Waals surface area contributed by atoms with Gasteiger partial charge in [0.2, 0.25) is 0 Å². The normalized spacial score (nSPS) is 12.6. The van der Waals surface area contributed by atoms with E-state index in [9.17, 15) is 4.39 Å². The molecule has 0 radical (unpaired) electrons. The Morgan fingerprint density at radius 3 is 2.50 bits per heavy atom. The first kappa shape index (κ1) is 11.0. The van der Waals surface area contributed by atoms with Crippen LogP contribution >= 0.6 is 0 Å². The van der Waals surface area contributed by atoms with Crippen molar-refractivity contribution in [2.75, 3.05) is 19.0 Å². The quantitative estimate of drug-likeness (QED) is 0.798. The average molecular weight is 196 g/mol. The van der Waals surface area contributed by atoms with Crippen molar-refractivity contribution in [2.45, 2.75) is 19.4 Å². The Kier molecular flexibility index (Phi) is 3.47. The third-order valence-electron chi connectivity index (χ3n) is 2.05. The summed E-state index contributed by atoms with van der Waals surface area (Å²) in [5, 5.41) is 0. The second-order valence-corrected chi connectivity index (χ2v) is 3.86. The minimum Gasteiger partial charge on any atom is -0.375 e. The van der Waals surface area contributed by atoms with Gasteiger partial charge in [-0.25, -0.2) is 4.39 Å². The van der Waals surface area contributed by atoms with Crippen LogP contribution in [0.4, 0.5) is 10.1 Å². The fraction of sp³-hybridized carbons (Fsp3) is 0.455. The average Bonchev–Trinajstić information content (AvgIpc) is 2.01. The topological polar surface area (TPSA) is 29.3 Å². The van der Waals surface area contributed by atoms with E-state index >= 15 is 0 Å². The van der Waals surface area contributed by atoms with Gasteiger partial charge in [0.15, 0.2) is 0 Å². The number of halogens is 1. The minimum absolute atomic E-state index is 0.0691. The van der Waals surface area contributed by atoms with Crippen molar-refractivity contribution < 1.29 is 4.39 Å². The first-order chi connectivity index (χ1) is 6.50. The smallest absolute Gasteiger partial charge is 0.146 e. The molecule has 1 unspecified atom stereocenters. The third kappa shape index (κ3) is 2.70. The maximum Gasteiger partial charge on any atom is 0.146 e. The molecule has 0 aromatic heterocycles. The number of nitrogens with zero attached hydrogens (tertiary/aromatic N) is 1. The van der Waals surface area contributed by atoms with E-state index in [4.69, 9.17) is 5.73 Å². The van der Waals surface area contributed by atoms with Crippen LogP contribution in [0.15, 0.2) is 18.2 Å². The SMILES string of the molecule is CC(N)Cc1ccc(N(C)C)c(F)c1. The van der Waals surface area contributed by atoms with Gasteiger partial charge in [-0.15, -0.1) is 0 Å². The van der Waals surface area contributed by atoms with Crippen molar-refractivity contribution in [3.8, 4) is 0 Å².